The minimum atomic E-state index is -0.380. The quantitative estimate of drug-likeness (QED) is 0.582. The van der Waals surface area contributed by atoms with Crippen molar-refractivity contribution in [2.24, 2.45) is 0 Å². The first-order chi connectivity index (χ1) is 7.58. The van der Waals surface area contributed by atoms with Crippen molar-refractivity contribution in [2.75, 3.05) is 0 Å². The van der Waals surface area contributed by atoms with E-state index in [1.165, 1.54) is 10.4 Å². The van der Waals surface area contributed by atoms with Gasteiger partial charge in [0.15, 0.2) is 0 Å². The molecule has 0 bridgehead atoms. The molecule has 3 nitrogen and oxygen atoms in total. The van der Waals surface area contributed by atoms with E-state index >= 15 is 0 Å². The highest BCUT2D eigenvalue weighted by Gasteiger charge is 2.07. The summed E-state index contributed by atoms with van der Waals surface area (Å²) in [4.78, 5) is 12.6. The SMILES string of the molecule is Cc1cc(-c2ccc([N+](=O)[O-])cc2)sc1C. The lowest BCUT2D eigenvalue weighted by molar-refractivity contribution is -0.384. The van der Waals surface area contributed by atoms with Crippen LogP contribution in [0.1, 0.15) is 10.4 Å². The summed E-state index contributed by atoms with van der Waals surface area (Å²) in [7, 11) is 0. The molecule has 4 heteroatoms. The molecule has 0 spiro atoms. The Morgan fingerprint density at radius 1 is 1.19 bits per heavy atom. The lowest BCUT2D eigenvalue weighted by Crippen LogP contribution is -1.86. The molecule has 0 saturated carbocycles. The zero-order chi connectivity index (χ0) is 11.7. The van der Waals surface area contributed by atoms with Crippen LogP contribution in [-0.2, 0) is 0 Å². The van der Waals surface area contributed by atoms with Gasteiger partial charge in [0, 0.05) is 21.9 Å². The molecule has 0 atom stereocenters. The molecule has 1 heterocycles. The highest BCUT2D eigenvalue weighted by Crippen LogP contribution is 2.31. The van der Waals surface area contributed by atoms with Crippen molar-refractivity contribution in [3.8, 4) is 10.4 Å². The van der Waals surface area contributed by atoms with E-state index in [4.69, 9.17) is 0 Å². The molecule has 0 unspecified atom stereocenters. The molecule has 0 fully saturated rings. The smallest absolute Gasteiger partial charge is 0.258 e. The van der Waals surface area contributed by atoms with Gasteiger partial charge in [-0.1, -0.05) is 0 Å². The molecule has 0 aliphatic carbocycles. The molecule has 0 aliphatic heterocycles. The number of aryl methyl sites for hydroxylation is 2. The number of rotatable bonds is 2. The average Bonchev–Trinajstić information content (AvgIpc) is 2.59. The number of benzene rings is 1. The van der Waals surface area contributed by atoms with Crippen molar-refractivity contribution in [3.05, 3.63) is 50.9 Å². The number of hydrogen-bond donors (Lipinski definition) is 0. The van der Waals surface area contributed by atoms with Gasteiger partial charge in [-0.3, -0.25) is 10.1 Å². The maximum atomic E-state index is 10.5. The second-order valence-corrected chi connectivity index (χ2v) is 4.91. The summed E-state index contributed by atoms with van der Waals surface area (Å²) < 4.78 is 0. The van der Waals surface area contributed by atoms with Crippen molar-refractivity contribution >= 4 is 17.0 Å². The fourth-order valence-electron chi connectivity index (χ4n) is 1.46. The molecule has 0 N–H and O–H groups in total. The summed E-state index contributed by atoms with van der Waals surface area (Å²) in [5.41, 5.74) is 2.43. The summed E-state index contributed by atoms with van der Waals surface area (Å²) in [6.45, 7) is 4.15. The van der Waals surface area contributed by atoms with Crippen LogP contribution in [0.3, 0.4) is 0 Å². The summed E-state index contributed by atoms with van der Waals surface area (Å²) in [6, 6.07) is 8.78. The Bertz CT molecular complexity index is 509. The third kappa shape index (κ3) is 1.97. The second-order valence-electron chi connectivity index (χ2n) is 3.65. The predicted molar refractivity (Wildman–Crippen MR) is 65.9 cm³/mol. The highest BCUT2D eigenvalue weighted by molar-refractivity contribution is 7.15. The van der Waals surface area contributed by atoms with Crippen LogP contribution in [0, 0.1) is 24.0 Å². The first kappa shape index (κ1) is 10.8. The third-order valence-electron chi connectivity index (χ3n) is 2.53. The Morgan fingerprint density at radius 2 is 1.81 bits per heavy atom. The van der Waals surface area contributed by atoms with Gasteiger partial charge < -0.3 is 0 Å². The van der Waals surface area contributed by atoms with E-state index in [9.17, 15) is 10.1 Å². The molecule has 0 radical (unpaired) electrons. The van der Waals surface area contributed by atoms with E-state index in [0.717, 1.165) is 10.4 Å². The number of non-ortho nitro benzene ring substituents is 1. The van der Waals surface area contributed by atoms with Gasteiger partial charge in [-0.2, -0.15) is 0 Å². The lowest BCUT2D eigenvalue weighted by Gasteiger charge is -1.96. The lowest BCUT2D eigenvalue weighted by atomic mass is 10.1. The first-order valence-corrected chi connectivity index (χ1v) is 5.71. The van der Waals surface area contributed by atoms with Gasteiger partial charge in [-0.15, -0.1) is 11.3 Å². The largest absolute Gasteiger partial charge is 0.269 e. The van der Waals surface area contributed by atoms with Gasteiger partial charge >= 0.3 is 0 Å². The Balaban J connectivity index is 2.38. The summed E-state index contributed by atoms with van der Waals surface area (Å²) in [5.74, 6) is 0. The molecular formula is C12H11NO2S. The molecule has 1 aromatic carbocycles. The van der Waals surface area contributed by atoms with Crippen LogP contribution in [0.5, 0.6) is 0 Å². The van der Waals surface area contributed by atoms with Gasteiger partial charge in [0.1, 0.15) is 0 Å². The third-order valence-corrected chi connectivity index (χ3v) is 3.73. The summed E-state index contributed by atoms with van der Waals surface area (Å²) in [6.07, 6.45) is 0. The molecule has 82 valence electrons. The van der Waals surface area contributed by atoms with Crippen molar-refractivity contribution in [1.29, 1.82) is 0 Å². The summed E-state index contributed by atoms with van der Waals surface area (Å²) in [5, 5.41) is 10.5. The maximum absolute atomic E-state index is 10.5. The van der Waals surface area contributed by atoms with Crippen LogP contribution < -0.4 is 0 Å². The van der Waals surface area contributed by atoms with Crippen LogP contribution in [-0.4, -0.2) is 4.92 Å². The zero-order valence-electron chi connectivity index (χ0n) is 9.06. The van der Waals surface area contributed by atoms with Crippen LogP contribution in [0.2, 0.25) is 0 Å². The monoisotopic (exact) mass is 233 g/mol. The number of nitro groups is 1. The predicted octanol–water partition coefficient (Wildman–Crippen LogP) is 3.94. The summed E-state index contributed by atoms with van der Waals surface area (Å²) >= 11 is 1.71. The second kappa shape index (κ2) is 4.06. The normalized spacial score (nSPS) is 10.4. The molecule has 0 aliphatic rings. The standard InChI is InChI=1S/C12H11NO2S/c1-8-7-12(16-9(8)2)10-3-5-11(6-4-10)13(14)15/h3-7H,1-2H3. The zero-order valence-corrected chi connectivity index (χ0v) is 9.88. The molecular weight excluding hydrogens is 222 g/mol. The minimum absolute atomic E-state index is 0.133. The topological polar surface area (TPSA) is 43.1 Å². The van der Waals surface area contributed by atoms with Gasteiger partial charge in [-0.25, -0.2) is 0 Å². The molecule has 0 saturated heterocycles. The Labute approximate surface area is 97.5 Å². The van der Waals surface area contributed by atoms with Crippen molar-refractivity contribution in [1.82, 2.24) is 0 Å². The molecule has 1 aromatic heterocycles. The van der Waals surface area contributed by atoms with E-state index < -0.39 is 0 Å². The van der Waals surface area contributed by atoms with Crippen molar-refractivity contribution in [3.63, 3.8) is 0 Å². The van der Waals surface area contributed by atoms with Crippen molar-refractivity contribution < 1.29 is 4.92 Å². The Kier molecular flexibility index (Phi) is 2.75. The van der Waals surface area contributed by atoms with Crippen LogP contribution in [0.25, 0.3) is 10.4 Å². The van der Waals surface area contributed by atoms with E-state index in [1.54, 1.807) is 35.6 Å². The van der Waals surface area contributed by atoms with Crippen molar-refractivity contribution in [2.45, 2.75) is 13.8 Å². The van der Waals surface area contributed by atoms with Gasteiger partial charge in [0.05, 0.1) is 4.92 Å². The number of thiophene rings is 1. The molecule has 0 amide bonds. The highest BCUT2D eigenvalue weighted by atomic mass is 32.1. The molecule has 16 heavy (non-hydrogen) atoms. The minimum Gasteiger partial charge on any atom is -0.258 e. The van der Waals surface area contributed by atoms with Crippen LogP contribution in [0.4, 0.5) is 5.69 Å². The number of hydrogen-bond acceptors (Lipinski definition) is 3. The van der Waals surface area contributed by atoms with Crippen LogP contribution in [0.15, 0.2) is 30.3 Å². The Hall–Kier alpha value is -1.68. The van der Waals surface area contributed by atoms with Gasteiger partial charge in [0.25, 0.3) is 5.69 Å². The van der Waals surface area contributed by atoms with Crippen LogP contribution >= 0.6 is 11.3 Å². The van der Waals surface area contributed by atoms with E-state index in [0.29, 0.717) is 0 Å². The van der Waals surface area contributed by atoms with E-state index in [2.05, 4.69) is 19.9 Å². The van der Waals surface area contributed by atoms with E-state index in [-0.39, 0.29) is 10.6 Å². The fourth-order valence-corrected chi connectivity index (χ4v) is 2.50. The number of nitrogens with zero attached hydrogens (tertiary/aromatic N) is 1. The molecule has 2 aromatic rings. The fraction of sp³-hybridized carbons (Fsp3) is 0.167. The maximum Gasteiger partial charge on any atom is 0.269 e. The Morgan fingerprint density at radius 3 is 2.25 bits per heavy atom. The average molecular weight is 233 g/mol. The van der Waals surface area contributed by atoms with E-state index in [1.807, 2.05) is 0 Å². The van der Waals surface area contributed by atoms with Gasteiger partial charge in [-0.05, 0) is 43.2 Å². The number of nitro benzene ring substituents is 1. The first-order valence-electron chi connectivity index (χ1n) is 4.90. The van der Waals surface area contributed by atoms with Gasteiger partial charge in [0.2, 0.25) is 0 Å². The molecule has 2 rings (SSSR count).